The molecule has 2 rings (SSSR count). The average Bonchev–Trinajstić information content (AvgIpc) is 2.85. The highest BCUT2D eigenvalue weighted by atomic mass is 16.3. The summed E-state index contributed by atoms with van der Waals surface area (Å²) in [7, 11) is 0. The van der Waals surface area contributed by atoms with Crippen LogP contribution in [0.15, 0.2) is 30.7 Å². The van der Waals surface area contributed by atoms with Crippen molar-refractivity contribution in [3.63, 3.8) is 0 Å². The van der Waals surface area contributed by atoms with Crippen molar-refractivity contribution in [1.29, 1.82) is 0 Å². The number of nitrogens with one attached hydrogen (secondary N) is 1. The highest BCUT2D eigenvalue weighted by Gasteiger charge is 2.05. The largest absolute Gasteiger partial charge is 0.395 e. The molecule has 0 aliphatic carbocycles. The van der Waals surface area contributed by atoms with Crippen LogP contribution in [0.5, 0.6) is 0 Å². The van der Waals surface area contributed by atoms with Crippen LogP contribution in [0.2, 0.25) is 0 Å². The highest BCUT2D eigenvalue weighted by molar-refractivity contribution is 5.94. The van der Waals surface area contributed by atoms with Crippen LogP contribution in [0.25, 0.3) is 5.65 Å². The summed E-state index contributed by atoms with van der Waals surface area (Å²) in [6.45, 7) is 4.21. The van der Waals surface area contributed by atoms with Crippen molar-refractivity contribution >= 4 is 11.6 Å². The number of aliphatic hydroxyl groups excluding tert-OH is 1. The van der Waals surface area contributed by atoms with E-state index in [1.807, 2.05) is 13.8 Å². The van der Waals surface area contributed by atoms with Gasteiger partial charge in [-0.1, -0.05) is 13.8 Å². The highest BCUT2D eigenvalue weighted by Crippen LogP contribution is 2.04. The Balaban J connectivity index is 0.000000686. The molecular formula is C12H17N3O2. The molecule has 1 amide bonds. The lowest BCUT2D eigenvalue weighted by molar-refractivity contribution is 0.0944. The molecular weight excluding hydrogens is 218 g/mol. The molecule has 2 heterocycles. The average molecular weight is 235 g/mol. The second-order valence-electron chi connectivity index (χ2n) is 3.09. The van der Waals surface area contributed by atoms with Gasteiger partial charge in [-0.3, -0.25) is 4.79 Å². The summed E-state index contributed by atoms with van der Waals surface area (Å²) < 4.78 is 1.77. The van der Waals surface area contributed by atoms with E-state index in [1.165, 1.54) is 0 Å². The summed E-state index contributed by atoms with van der Waals surface area (Å²) >= 11 is 0. The lowest BCUT2D eigenvalue weighted by Crippen LogP contribution is -2.26. The maximum absolute atomic E-state index is 11.5. The smallest absolute Gasteiger partial charge is 0.252 e. The van der Waals surface area contributed by atoms with Gasteiger partial charge in [0, 0.05) is 25.1 Å². The standard InChI is InChI=1S/C10H11N3O2.C2H6/c14-6-4-12-10(15)8-1-2-9-11-3-5-13(9)7-8;1-2/h1-3,5,7,14H,4,6H2,(H,12,15);1-2H3. The van der Waals surface area contributed by atoms with Crippen LogP contribution >= 0.6 is 0 Å². The van der Waals surface area contributed by atoms with Gasteiger partial charge in [0.15, 0.2) is 0 Å². The van der Waals surface area contributed by atoms with Crippen LogP contribution in [0.1, 0.15) is 24.2 Å². The first-order valence-electron chi connectivity index (χ1n) is 5.63. The molecule has 0 radical (unpaired) electrons. The van der Waals surface area contributed by atoms with Crippen LogP contribution in [-0.2, 0) is 0 Å². The van der Waals surface area contributed by atoms with Crippen molar-refractivity contribution in [1.82, 2.24) is 14.7 Å². The van der Waals surface area contributed by atoms with Gasteiger partial charge in [0.2, 0.25) is 0 Å². The summed E-state index contributed by atoms with van der Waals surface area (Å²) in [4.78, 5) is 15.6. The summed E-state index contributed by atoms with van der Waals surface area (Å²) in [5, 5.41) is 11.2. The first-order valence-corrected chi connectivity index (χ1v) is 5.63. The molecule has 0 aliphatic rings. The minimum Gasteiger partial charge on any atom is -0.395 e. The van der Waals surface area contributed by atoms with Crippen molar-refractivity contribution in [3.05, 3.63) is 36.3 Å². The molecule has 0 saturated heterocycles. The first kappa shape index (κ1) is 13.2. The number of amides is 1. The zero-order valence-electron chi connectivity index (χ0n) is 10.1. The van der Waals surface area contributed by atoms with E-state index in [-0.39, 0.29) is 19.1 Å². The number of imidazole rings is 1. The third-order valence-corrected chi connectivity index (χ3v) is 2.05. The Morgan fingerprint density at radius 3 is 2.94 bits per heavy atom. The van der Waals surface area contributed by atoms with Crippen LogP contribution < -0.4 is 5.32 Å². The van der Waals surface area contributed by atoms with Gasteiger partial charge in [0.1, 0.15) is 5.65 Å². The number of hydrogen-bond acceptors (Lipinski definition) is 3. The maximum Gasteiger partial charge on any atom is 0.252 e. The van der Waals surface area contributed by atoms with E-state index >= 15 is 0 Å². The zero-order valence-corrected chi connectivity index (χ0v) is 10.1. The Morgan fingerprint density at radius 2 is 2.24 bits per heavy atom. The second kappa shape index (κ2) is 6.65. The third kappa shape index (κ3) is 3.29. The minimum atomic E-state index is -0.195. The fraction of sp³-hybridized carbons (Fsp3) is 0.333. The number of hydrogen-bond donors (Lipinski definition) is 2. The fourth-order valence-electron chi connectivity index (χ4n) is 1.33. The first-order chi connectivity index (χ1) is 8.31. The Hall–Kier alpha value is -1.88. The van der Waals surface area contributed by atoms with Crippen LogP contribution in [0, 0.1) is 0 Å². The SMILES string of the molecule is CC.O=C(NCCO)c1ccc2nccn2c1. The second-order valence-corrected chi connectivity index (χ2v) is 3.09. The number of nitrogens with zero attached hydrogens (tertiary/aromatic N) is 2. The van der Waals surface area contributed by atoms with Gasteiger partial charge >= 0.3 is 0 Å². The number of aliphatic hydroxyl groups is 1. The van der Waals surface area contributed by atoms with E-state index in [9.17, 15) is 4.79 Å². The number of fused-ring (bicyclic) bond motifs is 1. The van der Waals surface area contributed by atoms with E-state index < -0.39 is 0 Å². The number of carbonyl (C=O) groups excluding carboxylic acids is 1. The minimum absolute atomic E-state index is 0.0565. The van der Waals surface area contributed by atoms with Crippen molar-refractivity contribution in [2.45, 2.75) is 13.8 Å². The molecule has 92 valence electrons. The molecule has 2 aromatic rings. The van der Waals surface area contributed by atoms with Gasteiger partial charge in [-0.15, -0.1) is 0 Å². The van der Waals surface area contributed by atoms with Crippen molar-refractivity contribution < 1.29 is 9.90 Å². The van der Waals surface area contributed by atoms with Crippen molar-refractivity contribution in [2.24, 2.45) is 0 Å². The maximum atomic E-state index is 11.5. The third-order valence-electron chi connectivity index (χ3n) is 2.05. The Bertz CT molecular complexity index is 479. The lowest BCUT2D eigenvalue weighted by atomic mass is 10.2. The predicted octanol–water partition coefficient (Wildman–Crippen LogP) is 1.08. The molecule has 0 unspecified atom stereocenters. The van der Waals surface area contributed by atoms with E-state index in [4.69, 9.17) is 5.11 Å². The topological polar surface area (TPSA) is 66.6 Å². The molecule has 2 N–H and O–H groups in total. The molecule has 0 bridgehead atoms. The Morgan fingerprint density at radius 1 is 1.47 bits per heavy atom. The molecule has 0 atom stereocenters. The summed E-state index contributed by atoms with van der Waals surface area (Å²) in [6.07, 6.45) is 5.15. The van der Waals surface area contributed by atoms with Gasteiger partial charge in [0.05, 0.1) is 12.2 Å². The molecule has 0 aliphatic heterocycles. The van der Waals surface area contributed by atoms with E-state index in [0.717, 1.165) is 5.65 Å². The molecule has 5 nitrogen and oxygen atoms in total. The van der Waals surface area contributed by atoms with E-state index in [0.29, 0.717) is 5.56 Å². The molecule has 0 aromatic carbocycles. The number of aromatic nitrogens is 2. The summed E-state index contributed by atoms with van der Waals surface area (Å²) in [6, 6.07) is 3.48. The summed E-state index contributed by atoms with van der Waals surface area (Å²) in [5.41, 5.74) is 1.35. The van der Waals surface area contributed by atoms with Gasteiger partial charge in [-0.2, -0.15) is 0 Å². The predicted molar refractivity (Wildman–Crippen MR) is 66.0 cm³/mol. The van der Waals surface area contributed by atoms with Gasteiger partial charge < -0.3 is 14.8 Å². The number of rotatable bonds is 3. The van der Waals surface area contributed by atoms with Crippen molar-refractivity contribution in [3.8, 4) is 0 Å². The fourth-order valence-corrected chi connectivity index (χ4v) is 1.33. The van der Waals surface area contributed by atoms with Gasteiger partial charge in [0.25, 0.3) is 5.91 Å². The van der Waals surface area contributed by atoms with Crippen LogP contribution in [-0.4, -0.2) is 33.6 Å². The molecule has 17 heavy (non-hydrogen) atoms. The van der Waals surface area contributed by atoms with Gasteiger partial charge in [-0.05, 0) is 12.1 Å². The monoisotopic (exact) mass is 235 g/mol. The van der Waals surface area contributed by atoms with E-state index in [1.54, 1.807) is 35.1 Å². The van der Waals surface area contributed by atoms with E-state index in [2.05, 4.69) is 10.3 Å². The Labute approximate surface area is 100 Å². The van der Waals surface area contributed by atoms with Crippen LogP contribution in [0.4, 0.5) is 0 Å². The van der Waals surface area contributed by atoms with Crippen molar-refractivity contribution in [2.75, 3.05) is 13.2 Å². The molecule has 5 heteroatoms. The number of pyridine rings is 1. The molecule has 0 saturated carbocycles. The van der Waals surface area contributed by atoms with Gasteiger partial charge in [-0.25, -0.2) is 4.98 Å². The zero-order chi connectivity index (χ0) is 12.7. The lowest BCUT2D eigenvalue weighted by Gasteiger charge is -2.03. The normalized spacial score (nSPS) is 9.59. The van der Waals surface area contributed by atoms with Crippen LogP contribution in [0.3, 0.4) is 0 Å². The quantitative estimate of drug-likeness (QED) is 0.836. The summed E-state index contributed by atoms with van der Waals surface area (Å²) in [5.74, 6) is -0.195. The molecule has 0 spiro atoms. The molecule has 2 aromatic heterocycles. The Kier molecular flexibility index (Phi) is 5.16. The number of carbonyl (C=O) groups is 1. The molecule has 0 fully saturated rings.